The topological polar surface area (TPSA) is 105 Å². The summed E-state index contributed by atoms with van der Waals surface area (Å²) in [6.45, 7) is 2.54. The fraction of sp³-hybridized carbons (Fsp3) is 0.500. The number of hydrazine groups is 1. The predicted octanol–water partition coefficient (Wildman–Crippen LogP) is -0.239. The summed E-state index contributed by atoms with van der Waals surface area (Å²) in [5, 5.41) is 6.10. The fourth-order valence-corrected chi connectivity index (χ4v) is 1.71. The molecule has 1 fully saturated rings. The first-order valence-electron chi connectivity index (χ1n) is 5.52. The summed E-state index contributed by atoms with van der Waals surface area (Å²) < 4.78 is 0. The summed E-state index contributed by atoms with van der Waals surface area (Å²) in [6.07, 6.45) is 3.05. The second kappa shape index (κ2) is 4.96. The lowest BCUT2D eigenvalue weighted by Gasteiger charge is -2.24. The number of aromatic nitrogens is 2. The minimum absolute atomic E-state index is 0.103. The summed E-state index contributed by atoms with van der Waals surface area (Å²) in [6, 6.07) is 0.201. The van der Waals surface area contributed by atoms with Crippen molar-refractivity contribution in [3.05, 3.63) is 11.8 Å². The average molecular weight is 236 g/mol. The second-order valence-electron chi connectivity index (χ2n) is 4.05. The van der Waals surface area contributed by atoms with Crippen LogP contribution in [0.4, 0.5) is 11.8 Å². The smallest absolute Gasteiger partial charge is 0.239 e. The van der Waals surface area contributed by atoms with E-state index in [1.807, 2.05) is 6.92 Å². The third-order valence-corrected chi connectivity index (χ3v) is 2.71. The molecule has 1 amide bonds. The Labute approximate surface area is 99.2 Å². The molecular weight excluding hydrogens is 220 g/mol. The van der Waals surface area contributed by atoms with Crippen molar-refractivity contribution in [1.82, 2.24) is 15.3 Å². The number of hydrogen-bond acceptors (Lipinski definition) is 6. The molecule has 92 valence electrons. The van der Waals surface area contributed by atoms with E-state index in [1.54, 1.807) is 6.20 Å². The van der Waals surface area contributed by atoms with E-state index in [-0.39, 0.29) is 11.9 Å². The zero-order valence-electron chi connectivity index (χ0n) is 9.66. The molecule has 1 unspecified atom stereocenters. The van der Waals surface area contributed by atoms with Crippen LogP contribution in [0.2, 0.25) is 0 Å². The van der Waals surface area contributed by atoms with Gasteiger partial charge in [-0.05, 0) is 13.3 Å². The monoisotopic (exact) mass is 236 g/mol. The molecule has 1 aromatic rings. The SMILES string of the molecule is Cc1cnc(NN)nc1NC1CCC(=O)NC1. The zero-order chi connectivity index (χ0) is 12.3. The molecule has 2 rings (SSSR count). The van der Waals surface area contributed by atoms with Gasteiger partial charge in [0.15, 0.2) is 0 Å². The van der Waals surface area contributed by atoms with Gasteiger partial charge in [0.1, 0.15) is 5.82 Å². The van der Waals surface area contributed by atoms with E-state index in [1.165, 1.54) is 0 Å². The Morgan fingerprint density at radius 1 is 1.59 bits per heavy atom. The molecule has 7 heteroatoms. The highest BCUT2D eigenvalue weighted by Crippen LogP contribution is 2.15. The Balaban J connectivity index is 2.04. The Morgan fingerprint density at radius 2 is 2.41 bits per heavy atom. The van der Waals surface area contributed by atoms with Crippen molar-refractivity contribution in [3.63, 3.8) is 0 Å². The van der Waals surface area contributed by atoms with Gasteiger partial charge in [0.2, 0.25) is 11.9 Å². The molecule has 0 saturated carbocycles. The van der Waals surface area contributed by atoms with Gasteiger partial charge in [-0.3, -0.25) is 10.2 Å². The fourth-order valence-electron chi connectivity index (χ4n) is 1.71. The van der Waals surface area contributed by atoms with Crippen LogP contribution in [0.25, 0.3) is 0 Å². The van der Waals surface area contributed by atoms with Crippen LogP contribution in [0.1, 0.15) is 18.4 Å². The average Bonchev–Trinajstić information content (AvgIpc) is 2.35. The highest BCUT2D eigenvalue weighted by molar-refractivity contribution is 5.77. The molecular formula is C10H16N6O. The standard InChI is InChI=1S/C10H16N6O/c1-6-4-13-10(16-11)15-9(6)14-7-2-3-8(17)12-5-7/h4,7H,2-3,5,11H2,1H3,(H,12,17)(H2,13,14,15,16). The van der Waals surface area contributed by atoms with Gasteiger partial charge < -0.3 is 10.6 Å². The van der Waals surface area contributed by atoms with E-state index in [0.717, 1.165) is 17.8 Å². The van der Waals surface area contributed by atoms with Gasteiger partial charge in [0, 0.05) is 30.8 Å². The van der Waals surface area contributed by atoms with Crippen LogP contribution in [-0.4, -0.2) is 28.5 Å². The van der Waals surface area contributed by atoms with Gasteiger partial charge in [-0.1, -0.05) is 0 Å². The third-order valence-electron chi connectivity index (χ3n) is 2.71. The largest absolute Gasteiger partial charge is 0.365 e. The molecule has 0 radical (unpaired) electrons. The molecule has 1 saturated heterocycles. The summed E-state index contributed by atoms with van der Waals surface area (Å²) >= 11 is 0. The molecule has 17 heavy (non-hydrogen) atoms. The van der Waals surface area contributed by atoms with Crippen LogP contribution >= 0.6 is 0 Å². The molecule has 0 bridgehead atoms. The van der Waals surface area contributed by atoms with Gasteiger partial charge in [0.05, 0.1) is 0 Å². The normalized spacial score (nSPS) is 19.6. The minimum atomic E-state index is 0.103. The summed E-state index contributed by atoms with van der Waals surface area (Å²) in [5.74, 6) is 6.48. The predicted molar refractivity (Wildman–Crippen MR) is 64.2 cm³/mol. The summed E-state index contributed by atoms with van der Waals surface area (Å²) in [5.41, 5.74) is 3.35. The molecule has 2 heterocycles. The lowest BCUT2D eigenvalue weighted by Crippen LogP contribution is -2.42. The molecule has 1 aliphatic rings. The van der Waals surface area contributed by atoms with Crippen LogP contribution in [-0.2, 0) is 4.79 Å². The van der Waals surface area contributed by atoms with Crippen molar-refractivity contribution in [2.24, 2.45) is 5.84 Å². The van der Waals surface area contributed by atoms with E-state index in [4.69, 9.17) is 5.84 Å². The van der Waals surface area contributed by atoms with Crippen LogP contribution in [0.3, 0.4) is 0 Å². The Hall–Kier alpha value is -1.89. The minimum Gasteiger partial charge on any atom is -0.365 e. The molecule has 5 N–H and O–H groups in total. The van der Waals surface area contributed by atoms with Crippen molar-refractivity contribution in [3.8, 4) is 0 Å². The van der Waals surface area contributed by atoms with Crippen molar-refractivity contribution in [2.45, 2.75) is 25.8 Å². The molecule has 0 aliphatic carbocycles. The van der Waals surface area contributed by atoms with Crippen molar-refractivity contribution in [2.75, 3.05) is 17.3 Å². The quantitative estimate of drug-likeness (QED) is 0.426. The maximum atomic E-state index is 11.0. The van der Waals surface area contributed by atoms with Gasteiger partial charge in [-0.25, -0.2) is 10.8 Å². The van der Waals surface area contributed by atoms with Crippen LogP contribution in [0.15, 0.2) is 6.20 Å². The third kappa shape index (κ3) is 2.82. The molecule has 1 aromatic heterocycles. The number of amides is 1. The van der Waals surface area contributed by atoms with E-state index in [2.05, 4.69) is 26.0 Å². The van der Waals surface area contributed by atoms with E-state index >= 15 is 0 Å². The maximum Gasteiger partial charge on any atom is 0.239 e. The van der Waals surface area contributed by atoms with Crippen LogP contribution < -0.4 is 21.9 Å². The summed E-state index contributed by atoms with van der Waals surface area (Å²) in [4.78, 5) is 19.3. The number of piperidine rings is 1. The lowest BCUT2D eigenvalue weighted by molar-refractivity contribution is -0.122. The highest BCUT2D eigenvalue weighted by atomic mass is 16.1. The first kappa shape index (κ1) is 11.6. The number of nitrogens with two attached hydrogens (primary N) is 1. The second-order valence-corrected chi connectivity index (χ2v) is 4.05. The maximum absolute atomic E-state index is 11.0. The lowest BCUT2D eigenvalue weighted by atomic mass is 10.1. The van der Waals surface area contributed by atoms with Crippen molar-refractivity contribution in [1.29, 1.82) is 0 Å². The first-order valence-corrected chi connectivity index (χ1v) is 5.52. The molecule has 0 spiro atoms. The van der Waals surface area contributed by atoms with E-state index < -0.39 is 0 Å². The van der Waals surface area contributed by atoms with E-state index in [0.29, 0.717) is 18.9 Å². The van der Waals surface area contributed by atoms with E-state index in [9.17, 15) is 4.79 Å². The van der Waals surface area contributed by atoms with Crippen LogP contribution in [0, 0.1) is 6.92 Å². The number of nitrogen functional groups attached to an aromatic ring is 1. The van der Waals surface area contributed by atoms with Gasteiger partial charge >= 0.3 is 0 Å². The molecule has 7 nitrogen and oxygen atoms in total. The molecule has 0 aromatic carbocycles. The first-order chi connectivity index (χ1) is 8.19. The highest BCUT2D eigenvalue weighted by Gasteiger charge is 2.18. The number of carbonyl (C=O) groups excluding carboxylic acids is 1. The van der Waals surface area contributed by atoms with Gasteiger partial charge in [-0.2, -0.15) is 4.98 Å². The zero-order valence-corrected chi connectivity index (χ0v) is 9.66. The Kier molecular flexibility index (Phi) is 3.38. The Bertz CT molecular complexity index is 411. The van der Waals surface area contributed by atoms with Crippen molar-refractivity contribution >= 4 is 17.7 Å². The van der Waals surface area contributed by atoms with Gasteiger partial charge in [0.25, 0.3) is 0 Å². The number of nitrogens with zero attached hydrogens (tertiary/aromatic N) is 2. The number of anilines is 2. The molecule has 1 atom stereocenters. The van der Waals surface area contributed by atoms with Crippen LogP contribution in [0.5, 0.6) is 0 Å². The number of carbonyl (C=O) groups is 1. The molecule has 1 aliphatic heterocycles. The number of nitrogens with one attached hydrogen (secondary N) is 3. The number of rotatable bonds is 3. The van der Waals surface area contributed by atoms with Gasteiger partial charge in [-0.15, -0.1) is 0 Å². The number of aryl methyl sites for hydroxylation is 1. The van der Waals surface area contributed by atoms with Crippen molar-refractivity contribution < 1.29 is 4.79 Å². The number of hydrogen-bond donors (Lipinski definition) is 4. The summed E-state index contributed by atoms with van der Waals surface area (Å²) in [7, 11) is 0. The Morgan fingerprint density at radius 3 is 3.06 bits per heavy atom.